The van der Waals surface area contributed by atoms with E-state index in [9.17, 15) is 0 Å². The SMILES string of the molecule is C=C(C)C1=C(C)C[C@@]2(C)C[C@@]3(C)Cc4ccc(CC5=CC(c6ccccc6)=CC5)c(C)c4C(=C)C3=C(C)[C@@]2(C)C1=C. The predicted octanol–water partition coefficient (Wildman–Crippen LogP) is 11.1. The molecule has 3 atom stereocenters. The van der Waals surface area contributed by atoms with E-state index in [-0.39, 0.29) is 16.2 Å². The Morgan fingerprint density at radius 2 is 1.63 bits per heavy atom. The minimum atomic E-state index is -0.115. The molecule has 0 heteroatoms. The molecule has 0 saturated carbocycles. The normalized spacial score (nSPS) is 29.1. The minimum Gasteiger partial charge on any atom is -0.0955 e. The Hall–Kier alpha value is -3.38. The lowest BCUT2D eigenvalue weighted by molar-refractivity contribution is 0.0544. The van der Waals surface area contributed by atoms with E-state index in [0.717, 1.165) is 37.7 Å². The number of hydrogen-bond acceptors (Lipinski definition) is 0. The zero-order valence-electron chi connectivity index (χ0n) is 26.4. The van der Waals surface area contributed by atoms with Crippen LogP contribution in [0.25, 0.3) is 11.1 Å². The lowest BCUT2D eigenvalue weighted by atomic mass is 9.41. The van der Waals surface area contributed by atoms with E-state index in [1.165, 1.54) is 72.4 Å². The van der Waals surface area contributed by atoms with Crippen molar-refractivity contribution < 1.29 is 0 Å². The largest absolute Gasteiger partial charge is 0.0955 e. The highest BCUT2D eigenvalue weighted by Crippen LogP contribution is 2.70. The van der Waals surface area contributed by atoms with Crippen molar-refractivity contribution in [2.75, 3.05) is 0 Å². The van der Waals surface area contributed by atoms with Crippen LogP contribution >= 0.6 is 0 Å². The summed E-state index contributed by atoms with van der Waals surface area (Å²) >= 11 is 0. The lowest BCUT2D eigenvalue weighted by Gasteiger charge is -2.62. The van der Waals surface area contributed by atoms with E-state index in [2.05, 4.69) is 110 Å². The third-order valence-corrected chi connectivity index (χ3v) is 11.4. The second-order valence-electron chi connectivity index (χ2n) is 14.3. The summed E-state index contributed by atoms with van der Waals surface area (Å²) in [5, 5.41) is 0. The van der Waals surface area contributed by atoms with Gasteiger partial charge in [0.2, 0.25) is 0 Å². The average molecular weight is 539 g/mol. The molecular weight excluding hydrogens is 492 g/mol. The van der Waals surface area contributed by atoms with Crippen molar-refractivity contribution in [2.24, 2.45) is 16.2 Å². The Bertz CT molecular complexity index is 1660. The third-order valence-electron chi connectivity index (χ3n) is 11.4. The standard InChI is InChI=1S/C41H46/c1-25(2)36-26(3)22-40(9)24-39(8)23-35-19-18-33(20-31-16-17-34(21-31)32-14-12-11-13-15-32)27(4)37(35)28(5)38(39)30(7)41(40,10)29(36)6/h11-15,17-19,21H,1,5-6,16,20,22-24H2,2-4,7-10H3/t39-,40+,41-/m1/s1. The average Bonchev–Trinajstić information content (AvgIpc) is 3.36. The van der Waals surface area contributed by atoms with Crippen LogP contribution in [0.2, 0.25) is 0 Å². The molecule has 0 nitrogen and oxygen atoms in total. The molecule has 0 amide bonds. The van der Waals surface area contributed by atoms with Gasteiger partial charge in [0.15, 0.2) is 0 Å². The van der Waals surface area contributed by atoms with E-state index < -0.39 is 0 Å². The van der Waals surface area contributed by atoms with Gasteiger partial charge in [0, 0.05) is 5.41 Å². The van der Waals surface area contributed by atoms with Crippen LogP contribution in [-0.4, -0.2) is 0 Å². The quantitative estimate of drug-likeness (QED) is 0.363. The van der Waals surface area contributed by atoms with Gasteiger partial charge in [-0.2, -0.15) is 0 Å². The monoisotopic (exact) mass is 538 g/mol. The molecule has 0 fully saturated rings. The van der Waals surface area contributed by atoms with E-state index in [4.69, 9.17) is 13.2 Å². The maximum atomic E-state index is 4.86. The van der Waals surface area contributed by atoms with Gasteiger partial charge in [-0.25, -0.2) is 0 Å². The Kier molecular flexibility index (Phi) is 6.31. The summed E-state index contributed by atoms with van der Waals surface area (Å²) in [5.74, 6) is 0. The van der Waals surface area contributed by atoms with Crippen LogP contribution in [0.4, 0.5) is 0 Å². The Morgan fingerprint density at radius 1 is 0.927 bits per heavy atom. The van der Waals surface area contributed by atoms with Crippen molar-refractivity contribution >= 4 is 11.1 Å². The topological polar surface area (TPSA) is 0 Å². The first-order valence-electron chi connectivity index (χ1n) is 15.3. The smallest absolute Gasteiger partial charge is 0.0194 e. The fourth-order valence-electron chi connectivity index (χ4n) is 9.55. The van der Waals surface area contributed by atoms with Gasteiger partial charge in [-0.05, 0) is 126 Å². The summed E-state index contributed by atoms with van der Waals surface area (Å²) in [6, 6.07) is 15.6. The van der Waals surface area contributed by atoms with Gasteiger partial charge in [-0.1, -0.05) is 117 Å². The first-order valence-corrected chi connectivity index (χ1v) is 15.3. The minimum absolute atomic E-state index is 0.0696. The van der Waals surface area contributed by atoms with Crippen LogP contribution in [0.3, 0.4) is 0 Å². The molecule has 0 N–H and O–H groups in total. The van der Waals surface area contributed by atoms with E-state index in [1.54, 1.807) is 0 Å². The van der Waals surface area contributed by atoms with E-state index in [0.29, 0.717) is 0 Å². The lowest BCUT2D eigenvalue weighted by Crippen LogP contribution is -2.52. The third kappa shape index (κ3) is 3.93. The second-order valence-corrected chi connectivity index (χ2v) is 14.3. The van der Waals surface area contributed by atoms with E-state index >= 15 is 0 Å². The van der Waals surface area contributed by atoms with Gasteiger partial charge in [0.25, 0.3) is 0 Å². The number of benzene rings is 2. The van der Waals surface area contributed by atoms with Gasteiger partial charge in [-0.15, -0.1) is 0 Å². The van der Waals surface area contributed by atoms with Crippen LogP contribution in [0.5, 0.6) is 0 Å². The van der Waals surface area contributed by atoms with Crippen molar-refractivity contribution in [2.45, 2.75) is 80.6 Å². The summed E-state index contributed by atoms with van der Waals surface area (Å²) in [4.78, 5) is 0. The highest BCUT2D eigenvalue weighted by molar-refractivity contribution is 5.87. The summed E-state index contributed by atoms with van der Waals surface area (Å²) < 4.78 is 0. The first-order chi connectivity index (χ1) is 19.3. The van der Waals surface area contributed by atoms with Crippen LogP contribution in [-0.2, 0) is 12.8 Å². The van der Waals surface area contributed by atoms with Gasteiger partial charge in [0.05, 0.1) is 0 Å². The van der Waals surface area contributed by atoms with Crippen LogP contribution in [0, 0.1) is 23.2 Å². The highest BCUT2D eigenvalue weighted by atomic mass is 14.6. The molecule has 41 heavy (non-hydrogen) atoms. The predicted molar refractivity (Wildman–Crippen MR) is 178 cm³/mol. The fraction of sp³-hybridized carbons (Fsp3) is 0.366. The zero-order chi connectivity index (χ0) is 29.5. The van der Waals surface area contributed by atoms with Gasteiger partial charge >= 0.3 is 0 Å². The molecule has 0 radical (unpaired) electrons. The summed E-state index contributed by atoms with van der Waals surface area (Å²) in [6.45, 7) is 30.6. The summed E-state index contributed by atoms with van der Waals surface area (Å²) in [5.41, 5.74) is 19.3. The molecule has 0 unspecified atom stereocenters. The molecular formula is C41H46. The highest BCUT2D eigenvalue weighted by Gasteiger charge is 2.59. The van der Waals surface area contributed by atoms with Crippen molar-refractivity contribution in [1.82, 2.24) is 0 Å². The zero-order valence-corrected chi connectivity index (χ0v) is 26.4. The number of fused-ring (bicyclic) bond motifs is 3. The maximum absolute atomic E-state index is 4.86. The Morgan fingerprint density at radius 3 is 2.32 bits per heavy atom. The van der Waals surface area contributed by atoms with E-state index in [1.807, 2.05) is 0 Å². The van der Waals surface area contributed by atoms with Crippen molar-refractivity contribution in [3.05, 3.63) is 141 Å². The van der Waals surface area contributed by atoms with Crippen LogP contribution in [0.15, 0.2) is 113 Å². The molecule has 0 spiro atoms. The summed E-state index contributed by atoms with van der Waals surface area (Å²) in [6.07, 6.45) is 10.1. The first kappa shape index (κ1) is 27.8. The molecule has 0 aromatic heterocycles. The molecule has 2 aromatic carbocycles. The summed E-state index contributed by atoms with van der Waals surface area (Å²) in [7, 11) is 0. The number of hydrogen-bond donors (Lipinski definition) is 0. The van der Waals surface area contributed by atoms with Crippen molar-refractivity contribution in [3.63, 3.8) is 0 Å². The number of rotatable bonds is 4. The van der Waals surface area contributed by atoms with Gasteiger partial charge < -0.3 is 0 Å². The molecule has 2 aromatic rings. The van der Waals surface area contributed by atoms with Crippen molar-refractivity contribution in [3.8, 4) is 0 Å². The van der Waals surface area contributed by atoms with Gasteiger partial charge in [0.1, 0.15) is 0 Å². The molecule has 0 aliphatic heterocycles. The second kappa shape index (κ2) is 9.32. The van der Waals surface area contributed by atoms with Crippen molar-refractivity contribution in [1.29, 1.82) is 0 Å². The van der Waals surface area contributed by atoms with Crippen LogP contribution < -0.4 is 0 Å². The number of allylic oxidation sites excluding steroid dienone is 11. The Balaban J connectivity index is 1.40. The molecule has 4 aliphatic carbocycles. The molecule has 0 bridgehead atoms. The fourth-order valence-corrected chi connectivity index (χ4v) is 9.55. The maximum Gasteiger partial charge on any atom is 0.0194 e. The molecule has 0 heterocycles. The molecule has 0 saturated heterocycles. The molecule has 210 valence electrons. The Labute approximate surface area is 248 Å². The van der Waals surface area contributed by atoms with Crippen LogP contribution in [0.1, 0.15) is 88.6 Å². The molecule has 6 rings (SSSR count). The van der Waals surface area contributed by atoms with Gasteiger partial charge in [-0.3, -0.25) is 0 Å². The molecule has 4 aliphatic rings.